The van der Waals surface area contributed by atoms with E-state index < -0.39 is 0 Å². The van der Waals surface area contributed by atoms with Crippen LogP contribution in [0.25, 0.3) is 22.2 Å². The third-order valence-corrected chi connectivity index (χ3v) is 5.18. The van der Waals surface area contributed by atoms with Crippen LogP contribution < -0.4 is 10.9 Å². The van der Waals surface area contributed by atoms with Gasteiger partial charge in [0.1, 0.15) is 0 Å². The standard InChI is InChI=1S/C22H21N5O2/c1-14(15-5-4-6-17(11-15)21(28)23-2)27-13-24-19-12-16(7-8-18(19)22(27)29)20-9-10-25-26(20)3/h4-14H,1-3H3,(H,23,28). The van der Waals surface area contributed by atoms with Gasteiger partial charge in [0.15, 0.2) is 0 Å². The van der Waals surface area contributed by atoms with Gasteiger partial charge in [0.25, 0.3) is 11.5 Å². The van der Waals surface area contributed by atoms with Crippen molar-refractivity contribution in [1.29, 1.82) is 0 Å². The number of fused-ring (bicyclic) bond motifs is 1. The maximum absolute atomic E-state index is 13.1. The summed E-state index contributed by atoms with van der Waals surface area (Å²) in [6, 6.07) is 14.5. The molecule has 4 aromatic rings. The van der Waals surface area contributed by atoms with Crippen LogP contribution in [0.2, 0.25) is 0 Å². The van der Waals surface area contributed by atoms with Crippen LogP contribution in [0.1, 0.15) is 28.9 Å². The van der Waals surface area contributed by atoms with E-state index in [4.69, 9.17) is 0 Å². The fourth-order valence-electron chi connectivity index (χ4n) is 3.47. The Labute approximate surface area is 167 Å². The molecule has 1 N–H and O–H groups in total. The van der Waals surface area contributed by atoms with E-state index in [9.17, 15) is 9.59 Å². The highest BCUT2D eigenvalue weighted by atomic mass is 16.1. The van der Waals surface area contributed by atoms with Crippen LogP contribution in [0.5, 0.6) is 0 Å². The minimum Gasteiger partial charge on any atom is -0.355 e. The molecule has 146 valence electrons. The number of hydrogen-bond donors (Lipinski definition) is 1. The summed E-state index contributed by atoms with van der Waals surface area (Å²) < 4.78 is 3.37. The number of benzene rings is 2. The first-order chi connectivity index (χ1) is 14.0. The van der Waals surface area contributed by atoms with Gasteiger partial charge in [0, 0.05) is 31.4 Å². The number of aromatic nitrogens is 4. The highest BCUT2D eigenvalue weighted by Gasteiger charge is 2.15. The Morgan fingerprint density at radius 2 is 1.97 bits per heavy atom. The molecule has 0 saturated carbocycles. The molecule has 0 fully saturated rings. The first-order valence-electron chi connectivity index (χ1n) is 9.31. The first kappa shape index (κ1) is 18.6. The summed E-state index contributed by atoms with van der Waals surface area (Å²) in [5, 5.41) is 7.36. The number of nitrogens with one attached hydrogen (secondary N) is 1. The molecular weight excluding hydrogens is 366 g/mol. The van der Waals surface area contributed by atoms with Gasteiger partial charge in [0.05, 0.1) is 29.0 Å². The third kappa shape index (κ3) is 3.31. The summed E-state index contributed by atoms with van der Waals surface area (Å²) in [6.07, 6.45) is 3.30. The molecular formula is C22H21N5O2. The van der Waals surface area contributed by atoms with Crippen LogP contribution in [0.4, 0.5) is 0 Å². The zero-order chi connectivity index (χ0) is 20.5. The maximum Gasteiger partial charge on any atom is 0.261 e. The molecule has 1 amide bonds. The molecule has 0 saturated heterocycles. The fraction of sp³-hybridized carbons (Fsp3) is 0.182. The molecule has 0 aliphatic heterocycles. The van der Waals surface area contributed by atoms with E-state index in [1.165, 1.54) is 0 Å². The van der Waals surface area contributed by atoms with E-state index in [1.54, 1.807) is 47.0 Å². The van der Waals surface area contributed by atoms with Crippen molar-refractivity contribution in [2.24, 2.45) is 7.05 Å². The molecule has 1 atom stereocenters. The van der Waals surface area contributed by atoms with Gasteiger partial charge < -0.3 is 5.32 Å². The average molecular weight is 387 g/mol. The van der Waals surface area contributed by atoms with Crippen LogP contribution >= 0.6 is 0 Å². The number of nitrogens with zero attached hydrogens (tertiary/aromatic N) is 4. The zero-order valence-corrected chi connectivity index (χ0v) is 16.5. The molecule has 29 heavy (non-hydrogen) atoms. The molecule has 0 aliphatic rings. The Kier molecular flexibility index (Phi) is 4.72. The number of carbonyl (C=O) groups excluding carboxylic acids is 1. The van der Waals surface area contributed by atoms with E-state index in [-0.39, 0.29) is 17.5 Å². The predicted molar refractivity (Wildman–Crippen MR) is 112 cm³/mol. The summed E-state index contributed by atoms with van der Waals surface area (Å²) in [4.78, 5) is 29.5. The summed E-state index contributed by atoms with van der Waals surface area (Å²) in [7, 11) is 3.47. The summed E-state index contributed by atoms with van der Waals surface area (Å²) in [5.41, 5.74) is 3.84. The van der Waals surface area contributed by atoms with Crippen LogP contribution in [0.3, 0.4) is 0 Å². The Morgan fingerprint density at radius 3 is 2.69 bits per heavy atom. The maximum atomic E-state index is 13.1. The van der Waals surface area contributed by atoms with Crippen molar-refractivity contribution >= 4 is 16.8 Å². The Bertz CT molecular complexity index is 1270. The second-order valence-electron chi connectivity index (χ2n) is 6.91. The molecule has 2 heterocycles. The van der Waals surface area contributed by atoms with Gasteiger partial charge in [-0.3, -0.25) is 18.8 Å². The molecule has 0 spiro atoms. The van der Waals surface area contributed by atoms with Crippen LogP contribution in [-0.2, 0) is 7.05 Å². The lowest BCUT2D eigenvalue weighted by atomic mass is 10.0. The molecule has 2 aromatic carbocycles. The van der Waals surface area contributed by atoms with E-state index in [0.717, 1.165) is 16.8 Å². The molecule has 0 aliphatic carbocycles. The number of amides is 1. The van der Waals surface area contributed by atoms with Crippen LogP contribution in [0, 0.1) is 0 Å². The average Bonchev–Trinajstić information content (AvgIpc) is 3.18. The summed E-state index contributed by atoms with van der Waals surface area (Å²) in [6.45, 7) is 1.92. The monoisotopic (exact) mass is 387 g/mol. The van der Waals surface area contributed by atoms with E-state index >= 15 is 0 Å². The molecule has 7 nitrogen and oxygen atoms in total. The molecule has 1 unspecified atom stereocenters. The van der Waals surface area contributed by atoms with Gasteiger partial charge in [-0.1, -0.05) is 18.2 Å². The quantitative estimate of drug-likeness (QED) is 0.584. The smallest absolute Gasteiger partial charge is 0.261 e. The third-order valence-electron chi connectivity index (χ3n) is 5.18. The molecule has 2 aromatic heterocycles. The van der Waals surface area contributed by atoms with Crippen molar-refractivity contribution in [1.82, 2.24) is 24.6 Å². The molecule has 0 bridgehead atoms. The highest BCUT2D eigenvalue weighted by Crippen LogP contribution is 2.23. The Hall–Kier alpha value is -3.74. The molecule has 0 radical (unpaired) electrons. The van der Waals surface area contributed by atoms with Crippen molar-refractivity contribution in [3.63, 3.8) is 0 Å². The summed E-state index contributed by atoms with van der Waals surface area (Å²) in [5.74, 6) is -0.161. The van der Waals surface area contributed by atoms with E-state index in [1.807, 2.05) is 44.3 Å². The number of rotatable bonds is 4. The largest absolute Gasteiger partial charge is 0.355 e. The van der Waals surface area contributed by atoms with E-state index in [2.05, 4.69) is 15.4 Å². The van der Waals surface area contributed by atoms with Gasteiger partial charge in [-0.2, -0.15) is 5.10 Å². The van der Waals surface area contributed by atoms with Crippen molar-refractivity contribution in [3.8, 4) is 11.3 Å². The number of carbonyl (C=O) groups is 1. The lowest BCUT2D eigenvalue weighted by Gasteiger charge is -2.16. The second kappa shape index (κ2) is 7.35. The Balaban J connectivity index is 1.75. The van der Waals surface area contributed by atoms with Crippen LogP contribution in [0.15, 0.2) is 65.8 Å². The van der Waals surface area contributed by atoms with E-state index in [0.29, 0.717) is 16.5 Å². The lowest BCUT2D eigenvalue weighted by molar-refractivity contribution is 0.0963. The van der Waals surface area contributed by atoms with Gasteiger partial charge in [-0.25, -0.2) is 4.98 Å². The summed E-state index contributed by atoms with van der Waals surface area (Å²) >= 11 is 0. The minimum absolute atomic E-state index is 0.121. The zero-order valence-electron chi connectivity index (χ0n) is 16.5. The normalized spacial score (nSPS) is 12.1. The predicted octanol–water partition coefficient (Wildman–Crippen LogP) is 2.77. The fourth-order valence-corrected chi connectivity index (χ4v) is 3.47. The number of aryl methyl sites for hydroxylation is 1. The van der Waals surface area contributed by atoms with Crippen molar-refractivity contribution in [2.45, 2.75) is 13.0 Å². The van der Waals surface area contributed by atoms with Crippen molar-refractivity contribution in [3.05, 3.63) is 82.5 Å². The lowest BCUT2D eigenvalue weighted by Crippen LogP contribution is -2.25. The topological polar surface area (TPSA) is 81.8 Å². The van der Waals surface area contributed by atoms with Crippen molar-refractivity contribution < 1.29 is 4.79 Å². The highest BCUT2D eigenvalue weighted by molar-refractivity contribution is 5.94. The molecule has 7 heteroatoms. The van der Waals surface area contributed by atoms with Gasteiger partial charge in [-0.05, 0) is 42.8 Å². The van der Waals surface area contributed by atoms with Gasteiger partial charge in [-0.15, -0.1) is 0 Å². The van der Waals surface area contributed by atoms with Gasteiger partial charge in [0.2, 0.25) is 0 Å². The minimum atomic E-state index is -0.263. The number of hydrogen-bond acceptors (Lipinski definition) is 4. The SMILES string of the molecule is CNC(=O)c1cccc(C(C)n2cnc3cc(-c4ccnn4C)ccc3c2=O)c1. The van der Waals surface area contributed by atoms with Crippen molar-refractivity contribution in [2.75, 3.05) is 7.05 Å². The Morgan fingerprint density at radius 1 is 1.14 bits per heavy atom. The first-order valence-corrected chi connectivity index (χ1v) is 9.31. The second-order valence-corrected chi connectivity index (χ2v) is 6.91. The van der Waals surface area contributed by atoms with Gasteiger partial charge >= 0.3 is 0 Å². The van der Waals surface area contributed by atoms with Crippen LogP contribution in [-0.4, -0.2) is 32.3 Å². The molecule has 4 rings (SSSR count).